The monoisotopic (exact) mass is 430 g/mol. The lowest BCUT2D eigenvalue weighted by molar-refractivity contribution is -0.125. The van der Waals surface area contributed by atoms with Gasteiger partial charge in [-0.1, -0.05) is 35.3 Å². The number of aromatic nitrogens is 2. The highest BCUT2D eigenvalue weighted by atomic mass is 35.5. The van der Waals surface area contributed by atoms with Crippen LogP contribution >= 0.6 is 23.2 Å². The summed E-state index contributed by atoms with van der Waals surface area (Å²) in [6.45, 7) is 0. The lowest BCUT2D eigenvalue weighted by Gasteiger charge is -2.24. The number of fused-ring (bicyclic) bond motifs is 1. The highest BCUT2D eigenvalue weighted by Gasteiger charge is 2.32. The molecular formula is C20H16Cl2N4O3. The molecule has 148 valence electrons. The summed E-state index contributed by atoms with van der Waals surface area (Å²) in [6.07, 6.45) is -0.0382. The summed E-state index contributed by atoms with van der Waals surface area (Å²) < 4.78 is 6.78. The molecule has 1 aliphatic heterocycles. The summed E-state index contributed by atoms with van der Waals surface area (Å²) in [5.41, 5.74) is 1.86. The second-order valence-corrected chi connectivity index (χ2v) is 7.34. The van der Waals surface area contributed by atoms with Crippen molar-refractivity contribution in [3.8, 4) is 17.0 Å². The first-order valence-electron chi connectivity index (χ1n) is 8.74. The summed E-state index contributed by atoms with van der Waals surface area (Å²) in [7, 11) is 1.50. The molecule has 3 aromatic rings. The van der Waals surface area contributed by atoms with E-state index in [1.54, 1.807) is 36.4 Å². The predicted octanol–water partition coefficient (Wildman–Crippen LogP) is 4.39. The van der Waals surface area contributed by atoms with E-state index in [4.69, 9.17) is 27.9 Å². The lowest BCUT2D eigenvalue weighted by Crippen LogP contribution is -2.35. The molecule has 2 aromatic carbocycles. The van der Waals surface area contributed by atoms with Crippen molar-refractivity contribution in [1.82, 2.24) is 9.78 Å². The van der Waals surface area contributed by atoms with Crippen molar-refractivity contribution >= 4 is 46.5 Å². The molecule has 1 unspecified atom stereocenters. The van der Waals surface area contributed by atoms with Gasteiger partial charge in [-0.3, -0.25) is 9.59 Å². The van der Waals surface area contributed by atoms with Crippen molar-refractivity contribution in [3.05, 3.63) is 58.6 Å². The summed E-state index contributed by atoms with van der Waals surface area (Å²) in [5.74, 6) is 0.251. The third-order valence-electron chi connectivity index (χ3n) is 4.54. The Morgan fingerprint density at radius 1 is 1.17 bits per heavy atom. The van der Waals surface area contributed by atoms with Gasteiger partial charge in [0, 0.05) is 21.7 Å². The van der Waals surface area contributed by atoms with Gasteiger partial charge in [-0.05, 0) is 30.3 Å². The van der Waals surface area contributed by atoms with Crippen molar-refractivity contribution in [2.24, 2.45) is 0 Å². The van der Waals surface area contributed by atoms with Crippen LogP contribution in [0.4, 0.5) is 11.5 Å². The van der Waals surface area contributed by atoms with Crippen molar-refractivity contribution in [1.29, 1.82) is 0 Å². The van der Waals surface area contributed by atoms with E-state index in [1.807, 2.05) is 12.1 Å². The molecule has 0 saturated heterocycles. The SMILES string of the molecule is COc1ccc(Cl)cc1NC(=O)C1CC(=O)Nc2cc(-c3ccc(Cl)cc3)nn21. The largest absolute Gasteiger partial charge is 0.495 e. The molecule has 7 nitrogen and oxygen atoms in total. The van der Waals surface area contributed by atoms with Crippen LogP contribution < -0.4 is 15.4 Å². The Morgan fingerprint density at radius 3 is 2.62 bits per heavy atom. The number of nitrogens with zero attached hydrogens (tertiary/aromatic N) is 2. The van der Waals surface area contributed by atoms with Gasteiger partial charge in [-0.2, -0.15) is 5.10 Å². The molecule has 1 aromatic heterocycles. The highest BCUT2D eigenvalue weighted by molar-refractivity contribution is 6.31. The van der Waals surface area contributed by atoms with Crippen LogP contribution in [0.2, 0.25) is 10.0 Å². The molecular weight excluding hydrogens is 415 g/mol. The molecule has 0 saturated carbocycles. The fraction of sp³-hybridized carbons (Fsp3) is 0.150. The van der Waals surface area contributed by atoms with Gasteiger partial charge in [-0.15, -0.1) is 0 Å². The van der Waals surface area contributed by atoms with Crippen LogP contribution in [0.15, 0.2) is 48.5 Å². The van der Waals surface area contributed by atoms with Gasteiger partial charge in [0.25, 0.3) is 0 Å². The van der Waals surface area contributed by atoms with Gasteiger partial charge in [0.2, 0.25) is 11.8 Å². The number of nitrogens with one attached hydrogen (secondary N) is 2. The number of hydrogen-bond donors (Lipinski definition) is 2. The Hall–Kier alpha value is -3.03. The normalized spacial score (nSPS) is 15.4. The molecule has 0 fully saturated rings. The fourth-order valence-corrected chi connectivity index (χ4v) is 3.44. The number of anilines is 2. The maximum absolute atomic E-state index is 13.0. The maximum Gasteiger partial charge on any atom is 0.249 e. The third kappa shape index (κ3) is 3.92. The first kappa shape index (κ1) is 19.3. The van der Waals surface area contributed by atoms with E-state index in [2.05, 4.69) is 15.7 Å². The lowest BCUT2D eigenvalue weighted by atomic mass is 10.1. The van der Waals surface area contributed by atoms with E-state index in [0.717, 1.165) is 5.56 Å². The molecule has 29 heavy (non-hydrogen) atoms. The van der Waals surface area contributed by atoms with E-state index in [-0.39, 0.29) is 12.3 Å². The van der Waals surface area contributed by atoms with Crippen LogP contribution in [0.1, 0.15) is 12.5 Å². The van der Waals surface area contributed by atoms with E-state index < -0.39 is 11.9 Å². The van der Waals surface area contributed by atoms with Crippen LogP contribution in [0, 0.1) is 0 Å². The van der Waals surface area contributed by atoms with Gasteiger partial charge >= 0.3 is 0 Å². The summed E-state index contributed by atoms with van der Waals surface area (Å²) in [4.78, 5) is 25.1. The zero-order valence-electron chi connectivity index (χ0n) is 15.3. The number of amides is 2. The number of benzene rings is 2. The average molecular weight is 431 g/mol. The minimum Gasteiger partial charge on any atom is -0.495 e. The number of ether oxygens (including phenoxy) is 1. The van der Waals surface area contributed by atoms with Crippen LogP contribution in [0.25, 0.3) is 11.3 Å². The minimum absolute atomic E-state index is 0.0382. The van der Waals surface area contributed by atoms with Crippen LogP contribution in [-0.2, 0) is 9.59 Å². The number of hydrogen-bond acceptors (Lipinski definition) is 4. The number of methoxy groups -OCH3 is 1. The van der Waals surface area contributed by atoms with Gasteiger partial charge in [0.05, 0.1) is 24.9 Å². The van der Waals surface area contributed by atoms with Crippen molar-refractivity contribution < 1.29 is 14.3 Å². The van der Waals surface area contributed by atoms with E-state index in [1.165, 1.54) is 11.8 Å². The number of rotatable bonds is 4. The molecule has 1 aliphatic rings. The molecule has 0 aliphatic carbocycles. The Balaban J connectivity index is 1.66. The van der Waals surface area contributed by atoms with Crippen molar-refractivity contribution in [2.75, 3.05) is 17.7 Å². The molecule has 1 atom stereocenters. The Bertz CT molecular complexity index is 1100. The molecule has 2 heterocycles. The Morgan fingerprint density at radius 2 is 1.90 bits per heavy atom. The average Bonchev–Trinajstić information content (AvgIpc) is 3.11. The fourth-order valence-electron chi connectivity index (χ4n) is 3.14. The molecule has 4 rings (SSSR count). The Kier molecular flexibility index (Phi) is 5.17. The number of carbonyl (C=O) groups is 2. The molecule has 2 N–H and O–H groups in total. The quantitative estimate of drug-likeness (QED) is 0.642. The molecule has 9 heteroatoms. The zero-order valence-corrected chi connectivity index (χ0v) is 16.8. The molecule has 0 spiro atoms. The van der Waals surface area contributed by atoms with Crippen LogP contribution in [-0.4, -0.2) is 28.7 Å². The van der Waals surface area contributed by atoms with E-state index in [9.17, 15) is 9.59 Å². The smallest absolute Gasteiger partial charge is 0.249 e. The predicted molar refractivity (Wildman–Crippen MR) is 112 cm³/mol. The first-order valence-corrected chi connectivity index (χ1v) is 9.50. The van der Waals surface area contributed by atoms with E-state index >= 15 is 0 Å². The van der Waals surface area contributed by atoms with Gasteiger partial charge in [0.15, 0.2) is 0 Å². The standard InChI is InChI=1S/C20H16Cl2N4O3/c1-29-17-7-6-13(22)8-15(17)23-20(28)16-10-19(27)24-18-9-14(25-26(16)18)11-2-4-12(21)5-3-11/h2-9,16H,10H2,1H3,(H,23,28)(H,24,27). The summed E-state index contributed by atoms with van der Waals surface area (Å²) >= 11 is 12.0. The van der Waals surface area contributed by atoms with Crippen LogP contribution in [0.5, 0.6) is 5.75 Å². The van der Waals surface area contributed by atoms with Gasteiger partial charge in [0.1, 0.15) is 17.6 Å². The maximum atomic E-state index is 13.0. The van der Waals surface area contributed by atoms with Crippen LogP contribution in [0.3, 0.4) is 0 Å². The Labute approximate surface area is 176 Å². The van der Waals surface area contributed by atoms with Gasteiger partial charge in [-0.25, -0.2) is 4.68 Å². The van der Waals surface area contributed by atoms with E-state index in [0.29, 0.717) is 33.0 Å². The first-order chi connectivity index (χ1) is 13.9. The second kappa shape index (κ2) is 7.77. The molecule has 0 radical (unpaired) electrons. The second-order valence-electron chi connectivity index (χ2n) is 6.47. The zero-order chi connectivity index (χ0) is 20.5. The summed E-state index contributed by atoms with van der Waals surface area (Å²) in [5, 5.41) is 11.1. The number of halogens is 2. The van der Waals surface area contributed by atoms with Crippen molar-refractivity contribution in [2.45, 2.75) is 12.5 Å². The summed E-state index contributed by atoms with van der Waals surface area (Å²) in [6, 6.07) is 13.0. The van der Waals surface area contributed by atoms with Crippen molar-refractivity contribution in [3.63, 3.8) is 0 Å². The molecule has 0 bridgehead atoms. The minimum atomic E-state index is -0.816. The number of carbonyl (C=O) groups excluding carboxylic acids is 2. The molecule has 2 amide bonds. The third-order valence-corrected chi connectivity index (χ3v) is 5.03. The topological polar surface area (TPSA) is 85.2 Å². The van der Waals surface area contributed by atoms with Gasteiger partial charge < -0.3 is 15.4 Å². The highest BCUT2D eigenvalue weighted by Crippen LogP contribution is 2.32.